The molecule has 0 radical (unpaired) electrons. The number of anilines is 2. The molecule has 3 N–H and O–H groups in total. The molecule has 0 aliphatic carbocycles. The molecule has 0 spiro atoms. The summed E-state index contributed by atoms with van der Waals surface area (Å²) in [7, 11) is 1.29. The summed E-state index contributed by atoms with van der Waals surface area (Å²) in [4.78, 5) is 26.2. The quantitative estimate of drug-likeness (QED) is 0.691. The fourth-order valence-electron chi connectivity index (χ4n) is 3.29. The average molecular weight is 345 g/mol. The first-order chi connectivity index (χ1) is 12.1. The number of benzene rings is 1. The second-order valence-electron chi connectivity index (χ2n) is 6.24. The highest BCUT2D eigenvalue weighted by atomic mass is 16.5. The maximum atomic E-state index is 12.7. The molecule has 2 heterocycles. The molecular formula is C18H23N3O4. The molecule has 3 rings (SSSR count). The van der Waals surface area contributed by atoms with Gasteiger partial charge < -0.3 is 25.4 Å². The first-order valence-corrected chi connectivity index (χ1v) is 8.41. The van der Waals surface area contributed by atoms with E-state index in [9.17, 15) is 9.59 Å². The Morgan fingerprint density at radius 3 is 2.96 bits per heavy atom. The minimum atomic E-state index is -0.535. The van der Waals surface area contributed by atoms with Gasteiger partial charge in [0, 0.05) is 13.1 Å². The van der Waals surface area contributed by atoms with E-state index < -0.39 is 5.97 Å². The van der Waals surface area contributed by atoms with Gasteiger partial charge in [-0.05, 0) is 30.9 Å². The molecule has 0 atom stereocenters. The molecule has 0 unspecified atom stereocenters. The highest BCUT2D eigenvalue weighted by molar-refractivity contribution is 6.09. The number of aryl methyl sites for hydroxylation is 2. The van der Waals surface area contributed by atoms with Crippen molar-refractivity contribution in [3.8, 4) is 0 Å². The summed E-state index contributed by atoms with van der Waals surface area (Å²) in [6.07, 6.45) is 2.04. The number of nitrogens with zero attached hydrogens (tertiary/aromatic N) is 1. The topological polar surface area (TPSA) is 90.9 Å². The van der Waals surface area contributed by atoms with Gasteiger partial charge in [-0.3, -0.25) is 4.79 Å². The van der Waals surface area contributed by atoms with Crippen LogP contribution in [0.15, 0.2) is 23.4 Å². The van der Waals surface area contributed by atoms with E-state index in [1.807, 2.05) is 13.0 Å². The molecule has 0 aromatic heterocycles. The average Bonchev–Trinajstić information content (AvgIpc) is 2.93. The molecule has 2 aliphatic rings. The van der Waals surface area contributed by atoms with Gasteiger partial charge in [-0.1, -0.05) is 12.1 Å². The van der Waals surface area contributed by atoms with Gasteiger partial charge in [-0.15, -0.1) is 0 Å². The van der Waals surface area contributed by atoms with E-state index in [1.54, 1.807) is 0 Å². The number of aliphatic hydroxyl groups is 1. The summed E-state index contributed by atoms with van der Waals surface area (Å²) >= 11 is 0. The van der Waals surface area contributed by atoms with Crippen LogP contribution in [0.3, 0.4) is 0 Å². The lowest BCUT2D eigenvalue weighted by Gasteiger charge is -2.24. The van der Waals surface area contributed by atoms with Crippen LogP contribution in [0.5, 0.6) is 0 Å². The summed E-state index contributed by atoms with van der Waals surface area (Å²) in [5.41, 5.74) is 4.48. The third-order valence-electron chi connectivity index (χ3n) is 4.63. The number of hydrogen-bond acceptors (Lipinski definition) is 6. The van der Waals surface area contributed by atoms with Crippen LogP contribution < -0.4 is 10.6 Å². The number of hydrogen-bond donors (Lipinski definition) is 3. The summed E-state index contributed by atoms with van der Waals surface area (Å²) in [5, 5.41) is 15.7. The summed E-state index contributed by atoms with van der Waals surface area (Å²) in [5.74, 6) is -0.839. The van der Waals surface area contributed by atoms with Crippen LogP contribution in [0.2, 0.25) is 0 Å². The Morgan fingerprint density at radius 1 is 1.44 bits per heavy atom. The van der Waals surface area contributed by atoms with Gasteiger partial charge >= 0.3 is 5.97 Å². The van der Waals surface area contributed by atoms with Gasteiger partial charge in [0.25, 0.3) is 5.91 Å². The van der Waals surface area contributed by atoms with Gasteiger partial charge in [-0.25, -0.2) is 4.79 Å². The molecular weight excluding hydrogens is 322 g/mol. The Labute approximate surface area is 146 Å². The van der Waals surface area contributed by atoms with Crippen molar-refractivity contribution in [2.24, 2.45) is 0 Å². The number of rotatable bonds is 5. The van der Waals surface area contributed by atoms with Crippen LogP contribution in [-0.2, 0) is 20.7 Å². The highest BCUT2D eigenvalue weighted by Crippen LogP contribution is 2.35. The number of methoxy groups -OCH3 is 1. The van der Waals surface area contributed by atoms with Crippen molar-refractivity contribution < 1.29 is 19.4 Å². The molecule has 7 heteroatoms. The van der Waals surface area contributed by atoms with Crippen LogP contribution in [0.4, 0.5) is 11.4 Å². The number of carbonyl (C=O) groups is 2. The van der Waals surface area contributed by atoms with Crippen molar-refractivity contribution in [2.45, 2.75) is 19.8 Å². The Morgan fingerprint density at radius 2 is 2.24 bits per heavy atom. The van der Waals surface area contributed by atoms with E-state index in [4.69, 9.17) is 9.84 Å². The smallest absolute Gasteiger partial charge is 0.337 e. The van der Waals surface area contributed by atoms with Crippen molar-refractivity contribution in [1.82, 2.24) is 4.90 Å². The largest absolute Gasteiger partial charge is 0.466 e. The standard InChI is InChI=1S/C18H23N3O4/c1-11-5-6-12-4-3-7-19-15(12)14(11)20-16-13(18(24)25-2)10-21(8-9-22)17(16)23/h5-6,19-20,22H,3-4,7-10H2,1-2H3. The zero-order chi connectivity index (χ0) is 18.0. The van der Waals surface area contributed by atoms with Gasteiger partial charge in [0.05, 0.1) is 37.2 Å². The third kappa shape index (κ3) is 3.19. The van der Waals surface area contributed by atoms with E-state index in [0.717, 1.165) is 36.3 Å². The van der Waals surface area contributed by atoms with Crippen LogP contribution in [0.1, 0.15) is 17.5 Å². The van der Waals surface area contributed by atoms with Crippen LogP contribution in [0.25, 0.3) is 0 Å². The predicted molar refractivity (Wildman–Crippen MR) is 94.3 cm³/mol. The van der Waals surface area contributed by atoms with Crippen molar-refractivity contribution in [1.29, 1.82) is 0 Å². The molecule has 1 amide bonds. The number of amides is 1. The fourth-order valence-corrected chi connectivity index (χ4v) is 3.29. The Balaban J connectivity index is 2.00. The third-order valence-corrected chi connectivity index (χ3v) is 4.63. The zero-order valence-electron chi connectivity index (χ0n) is 14.5. The molecule has 7 nitrogen and oxygen atoms in total. The minimum Gasteiger partial charge on any atom is -0.466 e. The van der Waals surface area contributed by atoms with Crippen LogP contribution >= 0.6 is 0 Å². The normalized spacial score (nSPS) is 16.6. The van der Waals surface area contributed by atoms with Gasteiger partial charge in [0.15, 0.2) is 0 Å². The van der Waals surface area contributed by atoms with Gasteiger partial charge in [-0.2, -0.15) is 0 Å². The number of nitrogens with one attached hydrogen (secondary N) is 2. The number of fused-ring (bicyclic) bond motifs is 1. The summed E-state index contributed by atoms with van der Waals surface area (Å²) in [6, 6.07) is 4.10. The van der Waals surface area contributed by atoms with Crippen molar-refractivity contribution >= 4 is 23.3 Å². The van der Waals surface area contributed by atoms with E-state index in [-0.39, 0.29) is 36.9 Å². The lowest BCUT2D eigenvalue weighted by Crippen LogP contribution is -2.31. The Hall–Kier alpha value is -2.54. The zero-order valence-corrected chi connectivity index (χ0v) is 14.5. The molecule has 2 aliphatic heterocycles. The molecule has 0 saturated heterocycles. The maximum absolute atomic E-state index is 12.7. The SMILES string of the molecule is COC(=O)C1=C(Nc2c(C)ccc3c2NCCC3)C(=O)N(CCO)C1. The van der Waals surface area contributed by atoms with E-state index in [2.05, 4.69) is 16.7 Å². The van der Waals surface area contributed by atoms with Crippen molar-refractivity contribution in [2.75, 3.05) is 44.0 Å². The van der Waals surface area contributed by atoms with E-state index in [1.165, 1.54) is 17.6 Å². The molecule has 0 saturated carbocycles. The van der Waals surface area contributed by atoms with E-state index in [0.29, 0.717) is 0 Å². The van der Waals surface area contributed by atoms with E-state index >= 15 is 0 Å². The lowest BCUT2D eigenvalue weighted by molar-refractivity contribution is -0.136. The Kier molecular flexibility index (Phi) is 4.94. The number of esters is 1. The molecule has 1 aromatic carbocycles. The molecule has 0 bridgehead atoms. The predicted octanol–water partition coefficient (Wildman–Crippen LogP) is 1.03. The van der Waals surface area contributed by atoms with Crippen molar-refractivity contribution in [3.05, 3.63) is 34.5 Å². The van der Waals surface area contributed by atoms with Crippen LogP contribution in [0, 0.1) is 6.92 Å². The minimum absolute atomic E-state index is 0.135. The molecule has 134 valence electrons. The number of carbonyl (C=O) groups excluding carboxylic acids is 2. The Bertz CT molecular complexity index is 742. The second kappa shape index (κ2) is 7.14. The second-order valence-corrected chi connectivity index (χ2v) is 6.24. The first-order valence-electron chi connectivity index (χ1n) is 8.41. The number of β-amino-alcohol motifs (C(OH)–C–C–N with tert-alkyl or cyclic N) is 1. The first kappa shape index (κ1) is 17.3. The number of aliphatic hydroxyl groups excluding tert-OH is 1. The molecule has 1 aromatic rings. The lowest BCUT2D eigenvalue weighted by atomic mass is 9.99. The molecule has 25 heavy (non-hydrogen) atoms. The fraction of sp³-hybridized carbons (Fsp3) is 0.444. The van der Waals surface area contributed by atoms with Crippen molar-refractivity contribution in [3.63, 3.8) is 0 Å². The van der Waals surface area contributed by atoms with Gasteiger partial charge in [0.1, 0.15) is 5.70 Å². The van der Waals surface area contributed by atoms with Gasteiger partial charge in [0.2, 0.25) is 0 Å². The summed E-state index contributed by atoms with van der Waals surface area (Å²) in [6.45, 7) is 2.99. The maximum Gasteiger partial charge on any atom is 0.337 e. The summed E-state index contributed by atoms with van der Waals surface area (Å²) < 4.78 is 4.83. The monoisotopic (exact) mass is 345 g/mol. The van der Waals surface area contributed by atoms with Crippen LogP contribution in [-0.4, -0.2) is 55.2 Å². The highest BCUT2D eigenvalue weighted by Gasteiger charge is 2.35. The molecule has 0 fully saturated rings. The number of ether oxygens (including phenoxy) is 1.